The first kappa shape index (κ1) is 14.3. The van der Waals surface area contributed by atoms with E-state index in [1.165, 1.54) is 0 Å². The van der Waals surface area contributed by atoms with Crippen LogP contribution in [0.3, 0.4) is 0 Å². The number of nitrogens with one attached hydrogen (secondary N) is 1. The molecule has 0 aliphatic rings. The normalized spacial score (nSPS) is 10.8. The first-order valence-corrected chi connectivity index (χ1v) is 6.83. The molecule has 17 heavy (non-hydrogen) atoms. The highest BCUT2D eigenvalue weighted by Gasteiger charge is 2.02. The van der Waals surface area contributed by atoms with E-state index in [0.717, 1.165) is 42.9 Å². The van der Waals surface area contributed by atoms with Crippen LogP contribution >= 0.6 is 15.9 Å². The van der Waals surface area contributed by atoms with Crippen LogP contribution in [0.25, 0.3) is 0 Å². The molecule has 96 valence electrons. The van der Waals surface area contributed by atoms with E-state index in [1.54, 1.807) is 6.20 Å². The van der Waals surface area contributed by atoms with Gasteiger partial charge in [0.25, 0.3) is 0 Å². The second kappa shape index (κ2) is 7.50. The largest absolute Gasteiger partial charge is 0.397 e. The highest BCUT2D eigenvalue weighted by Crippen LogP contribution is 2.21. The van der Waals surface area contributed by atoms with Crippen molar-refractivity contribution in [1.29, 1.82) is 0 Å². The second-order valence-electron chi connectivity index (χ2n) is 3.91. The van der Waals surface area contributed by atoms with Crippen molar-refractivity contribution in [3.05, 3.63) is 16.7 Å². The van der Waals surface area contributed by atoms with Gasteiger partial charge in [-0.1, -0.05) is 13.8 Å². The van der Waals surface area contributed by atoms with Crippen molar-refractivity contribution in [1.82, 2.24) is 9.88 Å². The molecular formula is C12H21BrN4. The molecule has 1 aromatic heterocycles. The van der Waals surface area contributed by atoms with Crippen molar-refractivity contribution in [2.45, 2.75) is 20.3 Å². The van der Waals surface area contributed by atoms with Crippen molar-refractivity contribution < 1.29 is 0 Å². The van der Waals surface area contributed by atoms with E-state index in [-0.39, 0.29) is 0 Å². The Kier molecular flexibility index (Phi) is 6.29. The van der Waals surface area contributed by atoms with E-state index in [4.69, 9.17) is 5.73 Å². The molecule has 0 amide bonds. The summed E-state index contributed by atoms with van der Waals surface area (Å²) in [5, 5.41) is 3.30. The summed E-state index contributed by atoms with van der Waals surface area (Å²) in [5.74, 6) is 0.860. The SMILES string of the molecule is CCN(CC)CCCNc1ncc(N)cc1Br. The lowest BCUT2D eigenvalue weighted by Gasteiger charge is -2.17. The molecule has 1 rings (SSSR count). The van der Waals surface area contributed by atoms with Gasteiger partial charge in [-0.05, 0) is 48.1 Å². The Morgan fingerprint density at radius 2 is 2.12 bits per heavy atom. The highest BCUT2D eigenvalue weighted by atomic mass is 79.9. The molecule has 0 bridgehead atoms. The quantitative estimate of drug-likeness (QED) is 0.760. The predicted molar refractivity (Wildman–Crippen MR) is 77.2 cm³/mol. The van der Waals surface area contributed by atoms with E-state index in [9.17, 15) is 0 Å². The maximum absolute atomic E-state index is 5.63. The lowest BCUT2D eigenvalue weighted by Crippen LogP contribution is -2.25. The van der Waals surface area contributed by atoms with Crippen molar-refractivity contribution in [3.8, 4) is 0 Å². The zero-order valence-corrected chi connectivity index (χ0v) is 12.1. The van der Waals surface area contributed by atoms with Gasteiger partial charge in [0.05, 0.1) is 16.4 Å². The molecule has 0 aliphatic carbocycles. The van der Waals surface area contributed by atoms with E-state index in [0.29, 0.717) is 5.69 Å². The van der Waals surface area contributed by atoms with Crippen LogP contribution in [0.2, 0.25) is 0 Å². The van der Waals surface area contributed by atoms with Gasteiger partial charge in [-0.15, -0.1) is 0 Å². The van der Waals surface area contributed by atoms with E-state index in [2.05, 4.69) is 45.0 Å². The minimum absolute atomic E-state index is 0.672. The highest BCUT2D eigenvalue weighted by molar-refractivity contribution is 9.10. The summed E-state index contributed by atoms with van der Waals surface area (Å²) >= 11 is 3.44. The number of aromatic nitrogens is 1. The monoisotopic (exact) mass is 300 g/mol. The zero-order valence-electron chi connectivity index (χ0n) is 10.5. The van der Waals surface area contributed by atoms with E-state index >= 15 is 0 Å². The summed E-state index contributed by atoms with van der Waals surface area (Å²) in [6, 6.07) is 1.86. The van der Waals surface area contributed by atoms with Crippen molar-refractivity contribution in [3.63, 3.8) is 0 Å². The lowest BCUT2D eigenvalue weighted by molar-refractivity contribution is 0.303. The molecule has 0 unspecified atom stereocenters. The maximum atomic E-state index is 5.63. The molecule has 0 aromatic carbocycles. The summed E-state index contributed by atoms with van der Waals surface area (Å²) in [6.45, 7) is 8.64. The van der Waals surface area contributed by atoms with Gasteiger partial charge in [-0.2, -0.15) is 0 Å². The van der Waals surface area contributed by atoms with Gasteiger partial charge in [0.15, 0.2) is 0 Å². The molecule has 0 aliphatic heterocycles. The number of nitrogens with two attached hydrogens (primary N) is 1. The Balaban J connectivity index is 2.31. The Morgan fingerprint density at radius 1 is 1.41 bits per heavy atom. The van der Waals surface area contributed by atoms with Crippen LogP contribution in [-0.4, -0.2) is 36.1 Å². The van der Waals surface area contributed by atoms with E-state index < -0.39 is 0 Å². The number of pyridine rings is 1. The van der Waals surface area contributed by atoms with E-state index in [1.807, 2.05) is 6.07 Å². The molecular weight excluding hydrogens is 280 g/mol. The van der Waals surface area contributed by atoms with Crippen molar-refractivity contribution >= 4 is 27.4 Å². The molecule has 0 spiro atoms. The van der Waals surface area contributed by atoms with Gasteiger partial charge in [-0.25, -0.2) is 4.98 Å². The van der Waals surface area contributed by atoms with Crippen LogP contribution < -0.4 is 11.1 Å². The van der Waals surface area contributed by atoms with Crippen LogP contribution in [0, 0.1) is 0 Å². The van der Waals surface area contributed by atoms with Crippen molar-refractivity contribution in [2.24, 2.45) is 0 Å². The number of hydrogen-bond donors (Lipinski definition) is 2. The minimum atomic E-state index is 0.672. The second-order valence-corrected chi connectivity index (χ2v) is 4.76. The van der Waals surface area contributed by atoms with Gasteiger partial charge >= 0.3 is 0 Å². The molecule has 0 saturated heterocycles. The fraction of sp³-hybridized carbons (Fsp3) is 0.583. The molecule has 0 atom stereocenters. The number of nitrogens with zero attached hydrogens (tertiary/aromatic N) is 2. The molecule has 5 heteroatoms. The number of hydrogen-bond acceptors (Lipinski definition) is 4. The molecule has 0 saturated carbocycles. The molecule has 1 heterocycles. The third kappa shape index (κ3) is 4.91. The average molecular weight is 301 g/mol. The van der Waals surface area contributed by atoms with Gasteiger partial charge < -0.3 is 16.0 Å². The van der Waals surface area contributed by atoms with Crippen LogP contribution in [0.4, 0.5) is 11.5 Å². The Bertz CT molecular complexity index is 339. The number of rotatable bonds is 7. The lowest BCUT2D eigenvalue weighted by atomic mass is 10.3. The Morgan fingerprint density at radius 3 is 2.71 bits per heavy atom. The summed E-state index contributed by atoms with van der Waals surface area (Å²) < 4.78 is 0.917. The number of anilines is 2. The van der Waals surface area contributed by atoms with Crippen molar-refractivity contribution in [2.75, 3.05) is 37.2 Å². The fourth-order valence-electron chi connectivity index (χ4n) is 1.63. The van der Waals surface area contributed by atoms with Gasteiger partial charge in [0, 0.05) is 6.54 Å². The van der Waals surface area contributed by atoms with Gasteiger partial charge in [0.2, 0.25) is 0 Å². The molecule has 1 aromatic rings. The summed E-state index contributed by atoms with van der Waals surface area (Å²) in [6.07, 6.45) is 2.78. The minimum Gasteiger partial charge on any atom is -0.397 e. The molecule has 3 N–H and O–H groups in total. The molecule has 0 fully saturated rings. The number of nitrogen functional groups attached to an aromatic ring is 1. The Hall–Kier alpha value is -0.810. The molecule has 0 radical (unpaired) electrons. The third-order valence-electron chi connectivity index (χ3n) is 2.70. The third-order valence-corrected chi connectivity index (χ3v) is 3.30. The topological polar surface area (TPSA) is 54.2 Å². The number of halogens is 1. The van der Waals surface area contributed by atoms with Crippen LogP contribution in [-0.2, 0) is 0 Å². The summed E-state index contributed by atoms with van der Waals surface area (Å²) in [7, 11) is 0. The predicted octanol–water partition coefficient (Wildman–Crippen LogP) is 2.57. The summed E-state index contributed by atoms with van der Waals surface area (Å²) in [5.41, 5.74) is 6.30. The maximum Gasteiger partial charge on any atom is 0.140 e. The van der Waals surface area contributed by atoms with Gasteiger partial charge in [0.1, 0.15) is 5.82 Å². The first-order chi connectivity index (χ1) is 8.17. The zero-order chi connectivity index (χ0) is 12.7. The first-order valence-electron chi connectivity index (χ1n) is 6.04. The fourth-order valence-corrected chi connectivity index (χ4v) is 2.14. The standard InChI is InChI=1S/C12H21BrN4/c1-3-17(4-2)7-5-6-15-12-11(13)8-10(14)9-16-12/h8-9H,3-7,14H2,1-2H3,(H,15,16). The molecule has 4 nitrogen and oxygen atoms in total. The average Bonchev–Trinajstić information content (AvgIpc) is 2.32. The summed E-state index contributed by atoms with van der Waals surface area (Å²) in [4.78, 5) is 6.65. The van der Waals surface area contributed by atoms with Crippen LogP contribution in [0.5, 0.6) is 0 Å². The van der Waals surface area contributed by atoms with Gasteiger partial charge in [-0.3, -0.25) is 0 Å². The van der Waals surface area contributed by atoms with Crippen LogP contribution in [0.15, 0.2) is 16.7 Å². The smallest absolute Gasteiger partial charge is 0.140 e. The van der Waals surface area contributed by atoms with Crippen LogP contribution in [0.1, 0.15) is 20.3 Å². The Labute approximate surface area is 112 Å².